The Balaban J connectivity index is 1.80. The van der Waals surface area contributed by atoms with E-state index in [9.17, 15) is 0 Å². The second-order valence-electron chi connectivity index (χ2n) is 5.37. The molecule has 108 valence electrons. The van der Waals surface area contributed by atoms with Gasteiger partial charge in [0.25, 0.3) is 0 Å². The molecule has 4 nitrogen and oxygen atoms in total. The van der Waals surface area contributed by atoms with E-state index in [1.165, 1.54) is 32.1 Å². The second-order valence-corrected chi connectivity index (χ2v) is 6.58. The molecule has 0 radical (unpaired) electrons. The zero-order valence-corrected chi connectivity index (χ0v) is 12.8. The average molecular weight is 290 g/mol. The maximum absolute atomic E-state index is 4.36. The van der Waals surface area contributed by atoms with Crippen molar-refractivity contribution >= 4 is 17.4 Å². The van der Waals surface area contributed by atoms with E-state index >= 15 is 0 Å². The fourth-order valence-corrected chi connectivity index (χ4v) is 4.25. The molecule has 0 aromatic carbocycles. The van der Waals surface area contributed by atoms with Gasteiger partial charge in [0, 0.05) is 17.5 Å². The number of nitrogens with one attached hydrogen (secondary N) is 1. The summed E-state index contributed by atoms with van der Waals surface area (Å²) in [5.74, 6) is 0. The number of rotatable bonds is 4. The predicted octanol–water partition coefficient (Wildman–Crippen LogP) is 3.13. The van der Waals surface area contributed by atoms with Crippen molar-refractivity contribution in [3.05, 3.63) is 24.4 Å². The molecule has 0 bridgehead atoms. The van der Waals surface area contributed by atoms with Crippen molar-refractivity contribution in [1.29, 1.82) is 0 Å². The molecule has 2 aromatic rings. The predicted molar refractivity (Wildman–Crippen MR) is 83.2 cm³/mol. The minimum atomic E-state index is 0.601. The molecule has 20 heavy (non-hydrogen) atoms. The highest BCUT2D eigenvalue weighted by atomic mass is 32.2. The summed E-state index contributed by atoms with van der Waals surface area (Å²) in [6, 6.07) is 6.65. The van der Waals surface area contributed by atoms with E-state index in [4.69, 9.17) is 0 Å². The highest BCUT2D eigenvalue weighted by Crippen LogP contribution is 2.32. The summed E-state index contributed by atoms with van der Waals surface area (Å²) in [4.78, 5) is 0. The molecule has 1 fully saturated rings. The summed E-state index contributed by atoms with van der Waals surface area (Å²) in [5.41, 5.74) is 0.934. The Labute approximate surface area is 124 Å². The molecule has 1 N–H and O–H groups in total. The Morgan fingerprint density at radius 2 is 2.15 bits per heavy atom. The van der Waals surface area contributed by atoms with Gasteiger partial charge in [0.15, 0.2) is 10.8 Å². The van der Waals surface area contributed by atoms with Gasteiger partial charge in [0.2, 0.25) is 0 Å². The van der Waals surface area contributed by atoms with Gasteiger partial charge in [-0.2, -0.15) is 0 Å². The Bertz CT molecular complexity index is 554. The molecule has 2 unspecified atom stereocenters. The monoisotopic (exact) mass is 290 g/mol. The molecule has 0 saturated heterocycles. The van der Waals surface area contributed by atoms with Gasteiger partial charge < -0.3 is 5.32 Å². The third-order valence-electron chi connectivity index (χ3n) is 3.96. The molecule has 1 aliphatic rings. The fraction of sp³-hybridized carbons (Fsp3) is 0.600. The summed E-state index contributed by atoms with van der Waals surface area (Å²) < 4.78 is 2.10. The van der Waals surface area contributed by atoms with Crippen LogP contribution in [0, 0.1) is 0 Å². The second kappa shape index (κ2) is 6.59. The topological polar surface area (TPSA) is 42.2 Å². The summed E-state index contributed by atoms with van der Waals surface area (Å²) in [6.07, 6.45) is 8.63. The number of aromatic nitrogens is 3. The van der Waals surface area contributed by atoms with Crippen molar-refractivity contribution in [2.45, 2.75) is 55.5 Å². The summed E-state index contributed by atoms with van der Waals surface area (Å²) >= 11 is 1.89. The summed E-state index contributed by atoms with van der Waals surface area (Å²) in [6.45, 7) is 3.24. The van der Waals surface area contributed by atoms with Crippen LogP contribution >= 0.6 is 11.8 Å². The van der Waals surface area contributed by atoms with Gasteiger partial charge in [0.1, 0.15) is 0 Å². The van der Waals surface area contributed by atoms with E-state index in [-0.39, 0.29) is 0 Å². The van der Waals surface area contributed by atoms with Gasteiger partial charge in [0.05, 0.1) is 0 Å². The molecular formula is C15H22N4S. The standard InChI is InChI=1S/C15H22N4S/c1-2-16-12-8-4-3-5-9-13(12)20-15-18-17-14-10-6-7-11-19(14)15/h6-7,10-13,16H,2-5,8-9H2,1H3. The van der Waals surface area contributed by atoms with Crippen molar-refractivity contribution in [3.8, 4) is 0 Å². The Morgan fingerprint density at radius 1 is 1.25 bits per heavy atom. The van der Waals surface area contributed by atoms with E-state index in [1.807, 2.05) is 30.0 Å². The minimum absolute atomic E-state index is 0.601. The zero-order valence-electron chi connectivity index (χ0n) is 12.0. The lowest BCUT2D eigenvalue weighted by atomic mass is 10.1. The minimum Gasteiger partial charge on any atom is -0.313 e. The maximum atomic E-state index is 4.36. The number of fused-ring (bicyclic) bond motifs is 1. The zero-order chi connectivity index (χ0) is 13.8. The van der Waals surface area contributed by atoms with Gasteiger partial charge in [-0.1, -0.05) is 44.0 Å². The van der Waals surface area contributed by atoms with Gasteiger partial charge in [-0.15, -0.1) is 10.2 Å². The average Bonchev–Trinajstić information content (AvgIpc) is 2.75. The molecule has 0 amide bonds. The van der Waals surface area contributed by atoms with Gasteiger partial charge in [-0.25, -0.2) is 0 Å². The van der Waals surface area contributed by atoms with Crippen molar-refractivity contribution in [2.75, 3.05) is 6.54 Å². The van der Waals surface area contributed by atoms with Crippen molar-refractivity contribution in [3.63, 3.8) is 0 Å². The van der Waals surface area contributed by atoms with Crippen LogP contribution in [-0.2, 0) is 0 Å². The Morgan fingerprint density at radius 3 is 3.05 bits per heavy atom. The Kier molecular flexibility index (Phi) is 4.58. The number of hydrogen-bond donors (Lipinski definition) is 1. The molecule has 3 rings (SSSR count). The largest absolute Gasteiger partial charge is 0.313 e. The number of nitrogens with zero attached hydrogens (tertiary/aromatic N) is 3. The molecule has 2 aromatic heterocycles. The third kappa shape index (κ3) is 2.99. The lowest BCUT2D eigenvalue weighted by molar-refractivity contribution is 0.482. The first-order valence-corrected chi connectivity index (χ1v) is 8.46. The van der Waals surface area contributed by atoms with E-state index in [0.29, 0.717) is 11.3 Å². The van der Waals surface area contributed by atoms with Crippen LogP contribution in [0.5, 0.6) is 0 Å². The molecule has 5 heteroatoms. The van der Waals surface area contributed by atoms with Crippen LogP contribution < -0.4 is 5.32 Å². The first-order chi connectivity index (χ1) is 9.88. The summed E-state index contributed by atoms with van der Waals surface area (Å²) in [7, 11) is 0. The van der Waals surface area contributed by atoms with Gasteiger partial charge in [-0.05, 0) is 31.5 Å². The number of thioether (sulfide) groups is 1. The third-order valence-corrected chi connectivity index (χ3v) is 5.31. The number of hydrogen-bond acceptors (Lipinski definition) is 4. The van der Waals surface area contributed by atoms with E-state index < -0.39 is 0 Å². The molecular weight excluding hydrogens is 268 g/mol. The van der Waals surface area contributed by atoms with Crippen LogP contribution in [0.2, 0.25) is 0 Å². The quantitative estimate of drug-likeness (QED) is 0.879. The lowest BCUT2D eigenvalue weighted by Gasteiger charge is -2.24. The van der Waals surface area contributed by atoms with Crippen LogP contribution in [0.25, 0.3) is 5.65 Å². The van der Waals surface area contributed by atoms with Crippen molar-refractivity contribution in [2.24, 2.45) is 0 Å². The van der Waals surface area contributed by atoms with E-state index in [1.54, 1.807) is 0 Å². The Hall–Kier alpha value is -1.07. The van der Waals surface area contributed by atoms with E-state index in [2.05, 4.69) is 33.0 Å². The first-order valence-electron chi connectivity index (χ1n) is 7.58. The molecule has 2 heterocycles. The normalized spacial score (nSPS) is 23.9. The highest BCUT2D eigenvalue weighted by Gasteiger charge is 2.25. The fourth-order valence-electron chi connectivity index (χ4n) is 2.95. The molecule has 2 atom stereocenters. The van der Waals surface area contributed by atoms with Crippen LogP contribution in [0.15, 0.2) is 29.6 Å². The summed E-state index contributed by atoms with van der Waals surface area (Å²) in [5, 5.41) is 13.9. The van der Waals surface area contributed by atoms with Crippen molar-refractivity contribution < 1.29 is 0 Å². The molecule has 1 saturated carbocycles. The van der Waals surface area contributed by atoms with E-state index in [0.717, 1.165) is 17.3 Å². The highest BCUT2D eigenvalue weighted by molar-refractivity contribution is 7.99. The van der Waals surface area contributed by atoms with Crippen LogP contribution in [-0.4, -0.2) is 32.4 Å². The molecule has 1 aliphatic carbocycles. The smallest absolute Gasteiger partial charge is 0.195 e. The SMILES string of the molecule is CCNC1CCCCCC1Sc1nnc2ccccn12. The maximum Gasteiger partial charge on any atom is 0.195 e. The first kappa shape index (κ1) is 13.9. The van der Waals surface area contributed by atoms with Crippen LogP contribution in [0.3, 0.4) is 0 Å². The number of pyridine rings is 1. The van der Waals surface area contributed by atoms with Gasteiger partial charge >= 0.3 is 0 Å². The molecule has 0 spiro atoms. The van der Waals surface area contributed by atoms with Gasteiger partial charge in [-0.3, -0.25) is 4.40 Å². The molecule has 0 aliphatic heterocycles. The van der Waals surface area contributed by atoms with Crippen LogP contribution in [0.4, 0.5) is 0 Å². The van der Waals surface area contributed by atoms with Crippen molar-refractivity contribution in [1.82, 2.24) is 19.9 Å². The van der Waals surface area contributed by atoms with Crippen LogP contribution in [0.1, 0.15) is 39.0 Å². The lowest BCUT2D eigenvalue weighted by Crippen LogP contribution is -2.37.